The van der Waals surface area contributed by atoms with Gasteiger partial charge in [0, 0.05) is 0 Å². The fourth-order valence-electron chi connectivity index (χ4n) is 3.15. The van der Waals surface area contributed by atoms with Gasteiger partial charge in [-0.2, -0.15) is 28.3 Å². The van der Waals surface area contributed by atoms with E-state index < -0.39 is 0 Å². The number of hydrogen-bond donors (Lipinski definition) is 0. The van der Waals surface area contributed by atoms with Crippen molar-refractivity contribution in [2.75, 3.05) is 0 Å². The van der Waals surface area contributed by atoms with Gasteiger partial charge in [0.05, 0.1) is 0 Å². The Kier molecular flexibility index (Phi) is 13.0. The quantitative estimate of drug-likeness (QED) is 0.185. The van der Waals surface area contributed by atoms with Crippen LogP contribution < -0.4 is 0 Å². The molecule has 0 spiro atoms. The summed E-state index contributed by atoms with van der Waals surface area (Å²) >= 11 is 1.74. The maximum atomic E-state index is 2.31. The van der Waals surface area contributed by atoms with E-state index in [4.69, 9.17) is 0 Å². The molecule has 0 saturated carbocycles. The second-order valence-electron chi connectivity index (χ2n) is 7.46. The summed E-state index contributed by atoms with van der Waals surface area (Å²) in [6, 6.07) is 25.6. The van der Waals surface area contributed by atoms with E-state index in [-0.39, 0.29) is 20.3 Å². The largest absolute Gasteiger partial charge is 0.358 e. The van der Waals surface area contributed by atoms with Gasteiger partial charge in [0.1, 0.15) is 0 Å². The fraction of sp³-hybridized carbons (Fsp3) is 0.214. The van der Waals surface area contributed by atoms with Gasteiger partial charge in [0.25, 0.3) is 0 Å². The second-order valence-corrected chi connectivity index (χ2v) is 16.8. The van der Waals surface area contributed by atoms with Crippen molar-refractivity contribution in [3.63, 3.8) is 0 Å². The molecule has 0 atom stereocenters. The minimum atomic E-state index is 0. The van der Waals surface area contributed by atoms with Gasteiger partial charge in [-0.1, -0.05) is 69.7 Å². The average molecular weight is 492 g/mol. The Labute approximate surface area is 200 Å². The van der Waals surface area contributed by atoms with Crippen molar-refractivity contribution in [2.24, 2.45) is 0 Å². The number of hydrogen-bond acceptors (Lipinski definition) is 0. The molecule has 2 heteroatoms. The molecule has 4 aromatic carbocycles. The van der Waals surface area contributed by atoms with Crippen LogP contribution in [0.2, 0.25) is 13.1 Å². The Balaban J connectivity index is 0.000000486. The Bertz CT molecular complexity index is 1010. The van der Waals surface area contributed by atoms with Crippen molar-refractivity contribution in [1.82, 2.24) is 0 Å². The first-order valence-corrected chi connectivity index (χ1v) is 15.9. The van der Waals surface area contributed by atoms with Crippen molar-refractivity contribution < 1.29 is 23.3 Å². The van der Waals surface area contributed by atoms with Crippen LogP contribution in [0.25, 0.3) is 21.9 Å². The van der Waals surface area contributed by atoms with E-state index in [9.17, 15) is 0 Å². The molecule has 0 fully saturated rings. The van der Waals surface area contributed by atoms with Gasteiger partial charge in [-0.15, -0.1) is 46.7 Å². The molecule has 0 bridgehead atoms. The van der Waals surface area contributed by atoms with Crippen LogP contribution in [0.5, 0.6) is 0 Å². The first kappa shape index (κ1) is 28.5. The Morgan fingerprint density at radius 1 is 0.733 bits per heavy atom. The Morgan fingerprint density at radius 2 is 1.20 bits per heavy atom. The Hall–Kier alpha value is -1.50. The fourth-order valence-corrected chi connectivity index (χ4v) is 3.15. The first-order chi connectivity index (χ1) is 13.3. The zero-order chi connectivity index (χ0) is 20.7. The van der Waals surface area contributed by atoms with Crippen LogP contribution in [0.4, 0.5) is 0 Å². The number of benzene rings is 2. The summed E-state index contributed by atoms with van der Waals surface area (Å²) in [5.74, 6) is 0. The van der Waals surface area contributed by atoms with Crippen LogP contribution in [0.1, 0.15) is 22.3 Å². The zero-order valence-electron chi connectivity index (χ0n) is 19.9. The van der Waals surface area contributed by atoms with Crippen molar-refractivity contribution in [1.29, 1.82) is 0 Å². The summed E-state index contributed by atoms with van der Waals surface area (Å²) in [4.78, 5) is 0. The van der Waals surface area contributed by atoms with E-state index in [2.05, 4.69) is 114 Å². The predicted molar refractivity (Wildman–Crippen MR) is 136 cm³/mol. The molecule has 0 amide bonds. The monoisotopic (exact) mass is 490 g/mol. The molecule has 4 rings (SSSR count). The molecule has 0 aliphatic rings. The molecular weight excluding hydrogens is 456 g/mol. The van der Waals surface area contributed by atoms with Crippen LogP contribution in [0.15, 0.2) is 72.8 Å². The molecule has 30 heavy (non-hydrogen) atoms. The van der Waals surface area contributed by atoms with E-state index >= 15 is 0 Å². The summed E-state index contributed by atoms with van der Waals surface area (Å²) in [5, 5.41) is 2.65. The van der Waals surface area contributed by atoms with E-state index in [1.807, 2.05) is 0 Å². The third-order valence-electron chi connectivity index (χ3n) is 4.94. The van der Waals surface area contributed by atoms with Gasteiger partial charge in [-0.25, -0.2) is 0 Å². The summed E-state index contributed by atoms with van der Waals surface area (Å²) in [6.45, 7) is 13.3. The number of rotatable bonds is 1. The normalized spacial score (nSPS) is 9.23. The van der Waals surface area contributed by atoms with E-state index in [0.29, 0.717) is 0 Å². The van der Waals surface area contributed by atoms with Crippen molar-refractivity contribution in [2.45, 2.75) is 40.8 Å². The minimum Gasteiger partial charge on any atom is -0.358 e. The molecule has 160 valence electrons. The zero-order valence-corrected chi connectivity index (χ0v) is 23.4. The van der Waals surface area contributed by atoms with Crippen LogP contribution in [-0.2, 0) is 23.3 Å². The van der Waals surface area contributed by atoms with Crippen molar-refractivity contribution in [3.05, 3.63) is 110 Å². The first-order valence-electron chi connectivity index (χ1n) is 9.73. The second kappa shape index (κ2) is 13.7. The van der Waals surface area contributed by atoms with Crippen molar-refractivity contribution in [3.8, 4) is 11.1 Å². The summed E-state index contributed by atoms with van der Waals surface area (Å²) < 4.78 is 0. The third kappa shape index (κ3) is 7.97. The molecule has 0 aliphatic heterocycles. The topological polar surface area (TPSA) is 0 Å². The molecule has 0 nitrogen and oxygen atoms in total. The maximum Gasteiger partial charge on any atom is -0.0623 e. The predicted octanol–water partition coefficient (Wildman–Crippen LogP) is 8.55. The van der Waals surface area contributed by atoms with Crippen LogP contribution in [0.3, 0.4) is 0 Å². The van der Waals surface area contributed by atoms with Gasteiger partial charge in [-0.05, 0) is 0 Å². The molecule has 0 unspecified atom stereocenters. The number of fused-ring (bicyclic) bond motifs is 1. The number of aryl methyl sites for hydroxylation is 2. The van der Waals surface area contributed by atoms with Gasteiger partial charge < -0.3 is 14.9 Å². The van der Waals surface area contributed by atoms with E-state index in [1.165, 1.54) is 44.2 Å². The van der Waals surface area contributed by atoms with Gasteiger partial charge in [-0.3, -0.25) is 0 Å². The van der Waals surface area contributed by atoms with Crippen LogP contribution >= 0.6 is 0 Å². The third-order valence-corrected chi connectivity index (χ3v) is 4.94. The van der Waals surface area contributed by atoms with Gasteiger partial charge in [0.2, 0.25) is 0 Å². The van der Waals surface area contributed by atoms with Gasteiger partial charge >= 0.3 is 41.9 Å². The standard InChI is InChI=1S/C15H11.C9H13.C2H6Si.2CH3.Zr/c1-2-6-12(7-3-1)15-11-10-13-8-4-5-9-14(13)15;1-6-5-7(2)9(4)8(6)3;1-3-2;;;/h1-11H;5H,1-4H3;1-2H3;2*1H3;/q2*-1;;2*-1;. The molecule has 0 saturated heterocycles. The summed E-state index contributed by atoms with van der Waals surface area (Å²) in [6.07, 6.45) is 0. The minimum absolute atomic E-state index is 0. The molecule has 4 aromatic rings. The SMILES string of the molecule is C[Si](C)=[Zr].Cc1[cH-]c(C)c(C)c1C.[CH3-].[CH3-].c1ccc(-c2c[cH-]c3ccccc23)cc1. The van der Waals surface area contributed by atoms with E-state index in [1.54, 1.807) is 23.3 Å². The molecule has 0 aliphatic carbocycles. The summed E-state index contributed by atoms with van der Waals surface area (Å²) in [5.41, 5.74) is 8.57. The molecule has 0 N–H and O–H groups in total. The summed E-state index contributed by atoms with van der Waals surface area (Å²) in [7, 11) is 0. The van der Waals surface area contributed by atoms with Gasteiger partial charge in [0.15, 0.2) is 0 Å². The molecule has 0 heterocycles. The average Bonchev–Trinajstić information content (AvgIpc) is 3.20. The smallest absolute Gasteiger partial charge is 0.0623 e. The Morgan fingerprint density at radius 3 is 1.67 bits per heavy atom. The van der Waals surface area contributed by atoms with Crippen LogP contribution in [-0.4, -0.2) is 5.43 Å². The molecule has 0 aromatic heterocycles. The van der Waals surface area contributed by atoms with Crippen molar-refractivity contribution >= 4 is 16.2 Å². The molecular formula is C28H36SiZr-4. The van der Waals surface area contributed by atoms with Crippen LogP contribution in [0, 0.1) is 42.5 Å². The van der Waals surface area contributed by atoms with E-state index in [0.717, 1.165) is 0 Å². The maximum absolute atomic E-state index is 2.31. The molecule has 0 radical (unpaired) electrons.